The minimum absolute atomic E-state index is 0.361. The number of nitriles is 1. The third-order valence-electron chi connectivity index (χ3n) is 2.33. The number of allylic oxidation sites excluding steroid dienone is 5. The Kier molecular flexibility index (Phi) is 4.70. The number of esters is 1. The lowest BCUT2D eigenvalue weighted by molar-refractivity contribution is 0.0592. The molecule has 0 unspecified atom stereocenters. The van der Waals surface area contributed by atoms with Gasteiger partial charge in [-0.3, -0.25) is 0 Å². The Hall–Kier alpha value is -2.54. The topological polar surface area (TPSA) is 55.0 Å². The Balaban J connectivity index is 3.47. The van der Waals surface area contributed by atoms with Gasteiger partial charge in [0.2, 0.25) is 0 Å². The van der Waals surface area contributed by atoms with Gasteiger partial charge in [-0.2, -0.15) is 5.26 Å². The van der Waals surface area contributed by atoms with Crippen molar-refractivity contribution < 1.29 is 9.53 Å². The van der Waals surface area contributed by atoms with Gasteiger partial charge in [0.05, 0.1) is 18.4 Å². The van der Waals surface area contributed by atoms with Crippen molar-refractivity contribution in [3.8, 4) is 6.07 Å². The molecule has 0 bridgehead atoms. The summed E-state index contributed by atoms with van der Waals surface area (Å²) in [6.07, 6.45) is 6.68. The molecule has 0 aliphatic carbocycles. The zero-order chi connectivity index (χ0) is 13.5. The molecule has 0 fully saturated rings. The van der Waals surface area contributed by atoms with Crippen molar-refractivity contribution in [1.29, 1.82) is 5.26 Å². The summed E-state index contributed by atoms with van der Waals surface area (Å²) in [5.41, 5.74) is 1.33. The Bertz CT molecular complexity index is 557. The maximum atomic E-state index is 11.6. The predicted molar refractivity (Wildman–Crippen MR) is 69.6 cm³/mol. The lowest BCUT2D eigenvalue weighted by Gasteiger charge is -2.09. The first-order valence-corrected chi connectivity index (χ1v) is 5.35. The van der Waals surface area contributed by atoms with Crippen molar-refractivity contribution in [2.75, 3.05) is 7.11 Å². The van der Waals surface area contributed by atoms with Crippen LogP contribution in [0, 0.1) is 11.3 Å². The Morgan fingerprint density at radius 2 is 2.33 bits per heavy atom. The number of carbonyl (C=O) groups excluding carboxylic acids is 1. The number of ether oxygens (including phenoxy) is 1. The standard InChI is InChI=1S/C14H14N2O2/c1-4-7-12(11(5-2)10-15)16-9-6-8-13(16)14(17)18-3/h4-9H,2H2,1,3H3/b7-4-,12-11-. The highest BCUT2D eigenvalue weighted by atomic mass is 16.5. The summed E-state index contributed by atoms with van der Waals surface area (Å²) in [6, 6.07) is 5.39. The van der Waals surface area contributed by atoms with E-state index in [0.717, 1.165) is 0 Å². The molecule has 4 nitrogen and oxygen atoms in total. The van der Waals surface area contributed by atoms with E-state index in [4.69, 9.17) is 10.00 Å². The molecule has 0 atom stereocenters. The second-order valence-electron chi connectivity index (χ2n) is 3.37. The van der Waals surface area contributed by atoms with Crippen molar-refractivity contribution in [3.63, 3.8) is 0 Å². The second-order valence-corrected chi connectivity index (χ2v) is 3.37. The number of rotatable bonds is 4. The number of nitrogens with zero attached hydrogens (tertiary/aromatic N) is 2. The molecule has 18 heavy (non-hydrogen) atoms. The highest BCUT2D eigenvalue weighted by molar-refractivity contribution is 5.90. The molecule has 0 spiro atoms. The largest absolute Gasteiger partial charge is 0.464 e. The first-order valence-electron chi connectivity index (χ1n) is 5.35. The minimum atomic E-state index is -0.455. The van der Waals surface area contributed by atoms with E-state index in [-0.39, 0.29) is 0 Å². The van der Waals surface area contributed by atoms with Crippen molar-refractivity contribution in [2.24, 2.45) is 0 Å². The van der Waals surface area contributed by atoms with Crippen molar-refractivity contribution in [2.45, 2.75) is 6.92 Å². The van der Waals surface area contributed by atoms with E-state index in [1.165, 1.54) is 13.2 Å². The van der Waals surface area contributed by atoms with Gasteiger partial charge >= 0.3 is 5.97 Å². The van der Waals surface area contributed by atoms with E-state index in [0.29, 0.717) is 17.0 Å². The average molecular weight is 242 g/mol. The Morgan fingerprint density at radius 1 is 1.61 bits per heavy atom. The summed E-state index contributed by atoms with van der Waals surface area (Å²) in [5, 5.41) is 9.07. The zero-order valence-corrected chi connectivity index (χ0v) is 10.4. The van der Waals surface area contributed by atoms with Crippen molar-refractivity contribution >= 4 is 11.7 Å². The molecule has 92 valence electrons. The van der Waals surface area contributed by atoms with E-state index in [1.807, 2.05) is 13.0 Å². The molecule has 0 radical (unpaired) electrons. The van der Waals surface area contributed by atoms with Crippen LogP contribution in [-0.2, 0) is 4.74 Å². The maximum absolute atomic E-state index is 11.6. The number of aromatic nitrogens is 1. The third-order valence-corrected chi connectivity index (χ3v) is 2.33. The van der Waals surface area contributed by atoms with Crippen LogP contribution in [0.2, 0.25) is 0 Å². The summed E-state index contributed by atoms with van der Waals surface area (Å²) in [7, 11) is 1.32. The van der Waals surface area contributed by atoms with Gasteiger partial charge in [0, 0.05) is 6.20 Å². The SMILES string of the molecule is C=C/C(C#N)=C(\C=C/C)n1cccc1C(=O)OC. The monoisotopic (exact) mass is 242 g/mol. The number of methoxy groups -OCH3 is 1. The van der Waals surface area contributed by atoms with Gasteiger partial charge in [0.1, 0.15) is 11.8 Å². The van der Waals surface area contributed by atoms with Gasteiger partial charge in [-0.15, -0.1) is 0 Å². The highest BCUT2D eigenvalue weighted by Gasteiger charge is 2.14. The predicted octanol–water partition coefficient (Wildman–Crippen LogP) is 2.77. The van der Waals surface area contributed by atoms with Gasteiger partial charge in [-0.25, -0.2) is 4.79 Å². The third kappa shape index (κ3) is 2.58. The van der Waals surface area contributed by atoms with Gasteiger partial charge < -0.3 is 9.30 Å². The molecule has 1 heterocycles. The van der Waals surface area contributed by atoms with Crippen LogP contribution in [0.15, 0.2) is 48.7 Å². The molecule has 1 rings (SSSR count). The van der Waals surface area contributed by atoms with Crippen LogP contribution in [0.1, 0.15) is 17.4 Å². The van der Waals surface area contributed by atoms with E-state index in [1.54, 1.807) is 35.0 Å². The quantitative estimate of drug-likeness (QED) is 0.463. The van der Waals surface area contributed by atoms with Crippen LogP contribution >= 0.6 is 0 Å². The maximum Gasteiger partial charge on any atom is 0.355 e. The fourth-order valence-electron chi connectivity index (χ4n) is 1.53. The van der Waals surface area contributed by atoms with Gasteiger partial charge in [-0.05, 0) is 31.2 Å². The summed E-state index contributed by atoms with van der Waals surface area (Å²) in [5.74, 6) is -0.455. The van der Waals surface area contributed by atoms with E-state index in [9.17, 15) is 4.79 Å². The molecule has 0 amide bonds. The van der Waals surface area contributed by atoms with E-state index < -0.39 is 5.97 Å². The first kappa shape index (κ1) is 13.5. The van der Waals surface area contributed by atoms with Crippen molar-refractivity contribution in [3.05, 3.63) is 54.4 Å². The number of hydrogen-bond acceptors (Lipinski definition) is 3. The van der Waals surface area contributed by atoms with Crippen LogP contribution in [0.5, 0.6) is 0 Å². The molecule has 0 N–H and O–H groups in total. The summed E-state index contributed by atoms with van der Waals surface area (Å²) < 4.78 is 6.30. The molecule has 0 aliphatic heterocycles. The molecule has 4 heteroatoms. The van der Waals surface area contributed by atoms with Gasteiger partial charge in [-0.1, -0.05) is 12.7 Å². The normalized spacial score (nSPS) is 11.8. The van der Waals surface area contributed by atoms with Crippen LogP contribution in [0.4, 0.5) is 0 Å². The molecule has 1 aromatic rings. The summed E-state index contributed by atoms with van der Waals surface area (Å²) >= 11 is 0. The second kappa shape index (κ2) is 6.26. The summed E-state index contributed by atoms with van der Waals surface area (Å²) in [6.45, 7) is 5.43. The van der Waals surface area contributed by atoms with Gasteiger partial charge in [0.25, 0.3) is 0 Å². The first-order chi connectivity index (χ1) is 8.69. The lowest BCUT2D eigenvalue weighted by Crippen LogP contribution is -2.09. The average Bonchev–Trinajstić information content (AvgIpc) is 2.87. The van der Waals surface area contributed by atoms with E-state index >= 15 is 0 Å². The molecule has 1 aromatic heterocycles. The van der Waals surface area contributed by atoms with Crippen LogP contribution in [-0.4, -0.2) is 17.6 Å². The van der Waals surface area contributed by atoms with Crippen LogP contribution in [0.3, 0.4) is 0 Å². The summed E-state index contributed by atoms with van der Waals surface area (Å²) in [4.78, 5) is 11.6. The molecule has 0 aromatic carbocycles. The van der Waals surface area contributed by atoms with Gasteiger partial charge in [0.15, 0.2) is 0 Å². The highest BCUT2D eigenvalue weighted by Crippen LogP contribution is 2.18. The van der Waals surface area contributed by atoms with Crippen LogP contribution < -0.4 is 0 Å². The molecular weight excluding hydrogens is 228 g/mol. The molecule has 0 saturated heterocycles. The zero-order valence-electron chi connectivity index (χ0n) is 10.4. The van der Waals surface area contributed by atoms with Crippen LogP contribution in [0.25, 0.3) is 5.70 Å². The smallest absolute Gasteiger partial charge is 0.355 e. The van der Waals surface area contributed by atoms with Crippen molar-refractivity contribution in [1.82, 2.24) is 4.57 Å². The Morgan fingerprint density at radius 3 is 2.83 bits per heavy atom. The fraction of sp³-hybridized carbons (Fsp3) is 0.143. The van der Waals surface area contributed by atoms with E-state index in [2.05, 4.69) is 6.58 Å². The minimum Gasteiger partial charge on any atom is -0.464 e. The Labute approximate surface area is 106 Å². The lowest BCUT2D eigenvalue weighted by atomic mass is 10.2. The molecule has 0 saturated carbocycles. The molecular formula is C14H14N2O2. The number of hydrogen-bond donors (Lipinski definition) is 0. The molecule has 0 aliphatic rings. The fourth-order valence-corrected chi connectivity index (χ4v) is 1.53. The number of carbonyl (C=O) groups is 1.